The minimum Gasteiger partial charge on any atom is -0.493 e. The molecule has 35 heavy (non-hydrogen) atoms. The number of anilines is 2. The molecule has 0 radical (unpaired) electrons. The highest BCUT2D eigenvalue weighted by molar-refractivity contribution is 6.22. The molecule has 0 spiro atoms. The molecule has 2 fully saturated rings. The third-order valence-electron chi connectivity index (χ3n) is 7.20. The maximum atomic E-state index is 13.1. The van der Waals surface area contributed by atoms with Gasteiger partial charge in [0.1, 0.15) is 5.69 Å². The molecule has 3 atom stereocenters. The molecule has 2 aromatic rings. The summed E-state index contributed by atoms with van der Waals surface area (Å²) in [6, 6.07) is 10.2. The van der Waals surface area contributed by atoms with Crippen LogP contribution >= 0.6 is 0 Å². The van der Waals surface area contributed by atoms with Gasteiger partial charge in [0.2, 0.25) is 11.8 Å². The van der Waals surface area contributed by atoms with E-state index in [9.17, 15) is 19.7 Å². The number of rotatable bonds is 8. The number of fused-ring (bicyclic) bond motifs is 1. The summed E-state index contributed by atoms with van der Waals surface area (Å²) in [4.78, 5) is 40.5. The summed E-state index contributed by atoms with van der Waals surface area (Å²) in [5.41, 5.74) is 1.55. The molecule has 0 N–H and O–H groups in total. The minimum atomic E-state index is -0.466. The topological polar surface area (TPSA) is 102 Å². The number of likely N-dealkylation sites (N-methyl/N-ethyl adjacent to an activating group) is 1. The number of carbonyl (C=O) groups is 2. The average Bonchev–Trinajstić information content (AvgIpc) is 3.10. The fourth-order valence-corrected chi connectivity index (χ4v) is 5.22. The monoisotopic (exact) mass is 481 g/mol. The van der Waals surface area contributed by atoms with Crippen molar-refractivity contribution in [3.05, 3.63) is 52.1 Å². The van der Waals surface area contributed by atoms with Crippen molar-refractivity contribution < 1.29 is 24.0 Å². The predicted octanol–water partition coefficient (Wildman–Crippen LogP) is 4.22. The highest BCUT2D eigenvalue weighted by atomic mass is 16.6. The molecule has 0 unspecified atom stereocenters. The van der Waals surface area contributed by atoms with Crippen LogP contribution in [0.5, 0.6) is 11.5 Å². The summed E-state index contributed by atoms with van der Waals surface area (Å²) in [5.74, 6) is 0.528. The number of nitro benzene ring substituents is 1. The summed E-state index contributed by atoms with van der Waals surface area (Å²) in [5, 5.41) is 11.9. The number of benzene rings is 2. The Bertz CT molecular complexity index is 1150. The summed E-state index contributed by atoms with van der Waals surface area (Å²) in [6.07, 6.45) is 2.91. The quantitative estimate of drug-likeness (QED) is 0.316. The summed E-state index contributed by atoms with van der Waals surface area (Å²) in [7, 11) is 4.93. The fourth-order valence-electron chi connectivity index (χ4n) is 5.22. The molecule has 2 amide bonds. The van der Waals surface area contributed by atoms with E-state index in [4.69, 9.17) is 9.47 Å². The van der Waals surface area contributed by atoms with Gasteiger partial charge in [-0.05, 0) is 61.4 Å². The first-order chi connectivity index (χ1) is 16.7. The van der Waals surface area contributed by atoms with Gasteiger partial charge in [-0.1, -0.05) is 13.0 Å². The maximum absolute atomic E-state index is 13.1. The molecule has 1 aliphatic carbocycles. The third-order valence-corrected chi connectivity index (χ3v) is 7.20. The second-order valence-electron chi connectivity index (χ2n) is 9.43. The SMILES string of the molecule is COc1ccc(CCN(C)c2ccc(N3C(=O)[C@@H]4CC[C@@H](C)C[C@H]4C3=O)cc2[N+](=O)[O-])cc1OC. The fraction of sp³-hybridized carbons (Fsp3) is 0.462. The summed E-state index contributed by atoms with van der Waals surface area (Å²) in [6.45, 7) is 2.60. The number of hydrogen-bond acceptors (Lipinski definition) is 7. The molecule has 9 heteroatoms. The first-order valence-electron chi connectivity index (χ1n) is 11.8. The second-order valence-corrected chi connectivity index (χ2v) is 9.43. The first-order valence-corrected chi connectivity index (χ1v) is 11.8. The van der Waals surface area contributed by atoms with Gasteiger partial charge in [-0.25, -0.2) is 4.90 Å². The average molecular weight is 482 g/mol. The molecule has 2 aromatic carbocycles. The van der Waals surface area contributed by atoms with Crippen molar-refractivity contribution in [3.63, 3.8) is 0 Å². The molecule has 0 aromatic heterocycles. The Morgan fingerprint density at radius 2 is 1.74 bits per heavy atom. The molecule has 2 aliphatic rings. The smallest absolute Gasteiger partial charge is 0.294 e. The lowest BCUT2D eigenvalue weighted by Gasteiger charge is -2.25. The zero-order valence-electron chi connectivity index (χ0n) is 20.5. The molecule has 1 aliphatic heterocycles. The van der Waals surface area contributed by atoms with Crippen LogP contribution in [0.1, 0.15) is 31.7 Å². The van der Waals surface area contributed by atoms with E-state index in [0.717, 1.165) is 16.9 Å². The van der Waals surface area contributed by atoms with Gasteiger partial charge in [0.05, 0.1) is 36.7 Å². The van der Waals surface area contributed by atoms with Gasteiger partial charge in [0, 0.05) is 19.7 Å². The van der Waals surface area contributed by atoms with Crippen LogP contribution in [0.25, 0.3) is 0 Å². The lowest BCUT2D eigenvalue weighted by molar-refractivity contribution is -0.384. The highest BCUT2D eigenvalue weighted by Crippen LogP contribution is 2.43. The lowest BCUT2D eigenvalue weighted by atomic mass is 9.76. The Morgan fingerprint density at radius 1 is 1.03 bits per heavy atom. The number of nitro groups is 1. The Labute approximate surface area is 204 Å². The Balaban J connectivity index is 1.54. The van der Waals surface area contributed by atoms with E-state index in [2.05, 4.69) is 6.92 Å². The van der Waals surface area contributed by atoms with Crippen LogP contribution in [0.3, 0.4) is 0 Å². The van der Waals surface area contributed by atoms with E-state index in [-0.39, 0.29) is 35.0 Å². The zero-order chi connectivity index (χ0) is 25.3. The molecule has 1 heterocycles. The molecule has 1 saturated carbocycles. The van der Waals surface area contributed by atoms with E-state index in [1.807, 2.05) is 18.2 Å². The third kappa shape index (κ3) is 4.67. The Kier molecular flexibility index (Phi) is 6.95. The Morgan fingerprint density at radius 3 is 2.43 bits per heavy atom. The van der Waals surface area contributed by atoms with Crippen LogP contribution in [0.15, 0.2) is 36.4 Å². The van der Waals surface area contributed by atoms with Gasteiger partial charge in [-0.3, -0.25) is 19.7 Å². The molecule has 0 bridgehead atoms. The number of imide groups is 1. The van der Waals surface area contributed by atoms with Crippen LogP contribution in [0, 0.1) is 27.9 Å². The van der Waals surface area contributed by atoms with Crippen molar-refractivity contribution in [2.45, 2.75) is 32.6 Å². The number of methoxy groups -OCH3 is 2. The molecular weight excluding hydrogens is 450 g/mol. The van der Waals surface area contributed by atoms with Crippen molar-refractivity contribution >= 4 is 28.9 Å². The number of hydrogen-bond donors (Lipinski definition) is 0. The van der Waals surface area contributed by atoms with Crippen LogP contribution in [-0.4, -0.2) is 44.5 Å². The lowest BCUT2D eigenvalue weighted by Crippen LogP contribution is -2.31. The molecule has 4 rings (SSSR count). The van der Waals surface area contributed by atoms with Crippen molar-refractivity contribution in [2.24, 2.45) is 17.8 Å². The van der Waals surface area contributed by atoms with Gasteiger partial charge in [0.15, 0.2) is 11.5 Å². The number of ether oxygens (including phenoxy) is 2. The number of carbonyl (C=O) groups excluding carboxylic acids is 2. The van der Waals surface area contributed by atoms with Gasteiger partial charge < -0.3 is 14.4 Å². The summed E-state index contributed by atoms with van der Waals surface area (Å²) >= 11 is 0. The molecule has 1 saturated heterocycles. The van der Waals surface area contributed by atoms with Gasteiger partial charge in [-0.2, -0.15) is 0 Å². The van der Waals surface area contributed by atoms with Crippen molar-refractivity contribution in [2.75, 3.05) is 37.6 Å². The second kappa shape index (κ2) is 9.93. The van der Waals surface area contributed by atoms with Gasteiger partial charge in [0.25, 0.3) is 5.69 Å². The van der Waals surface area contributed by atoms with Crippen molar-refractivity contribution in [3.8, 4) is 11.5 Å². The maximum Gasteiger partial charge on any atom is 0.294 e. The number of amides is 2. The van der Waals surface area contributed by atoms with Gasteiger partial charge >= 0.3 is 0 Å². The highest BCUT2D eigenvalue weighted by Gasteiger charge is 2.50. The van der Waals surface area contributed by atoms with E-state index in [1.165, 1.54) is 6.07 Å². The molecule has 9 nitrogen and oxygen atoms in total. The standard InChI is InChI=1S/C26H31N3O6/c1-16-5-8-19-20(13-16)26(31)28(25(19)30)18-7-9-21(22(15-18)29(32)33)27(2)12-11-17-6-10-23(34-3)24(14-17)35-4/h6-7,9-10,14-16,19-20H,5,8,11-13H2,1-4H3/t16-,19-,20-/m1/s1. The predicted molar refractivity (Wildman–Crippen MR) is 132 cm³/mol. The Hall–Kier alpha value is -3.62. The van der Waals surface area contributed by atoms with Crippen LogP contribution in [0.4, 0.5) is 17.1 Å². The van der Waals surface area contributed by atoms with Crippen LogP contribution in [0.2, 0.25) is 0 Å². The zero-order valence-corrected chi connectivity index (χ0v) is 20.5. The van der Waals surface area contributed by atoms with E-state index in [1.54, 1.807) is 38.3 Å². The molecular formula is C26H31N3O6. The normalized spacial score (nSPS) is 21.6. The van der Waals surface area contributed by atoms with E-state index >= 15 is 0 Å². The van der Waals surface area contributed by atoms with Gasteiger partial charge in [-0.15, -0.1) is 0 Å². The number of nitrogens with zero attached hydrogens (tertiary/aromatic N) is 3. The minimum absolute atomic E-state index is 0.138. The van der Waals surface area contributed by atoms with Crippen molar-refractivity contribution in [1.29, 1.82) is 0 Å². The van der Waals surface area contributed by atoms with Crippen LogP contribution < -0.4 is 19.3 Å². The van der Waals surface area contributed by atoms with E-state index in [0.29, 0.717) is 48.9 Å². The summed E-state index contributed by atoms with van der Waals surface area (Å²) < 4.78 is 10.6. The van der Waals surface area contributed by atoms with E-state index < -0.39 is 4.92 Å². The largest absolute Gasteiger partial charge is 0.493 e. The first kappa shape index (κ1) is 24.5. The molecule has 186 valence electrons. The van der Waals surface area contributed by atoms with Crippen LogP contribution in [-0.2, 0) is 16.0 Å². The van der Waals surface area contributed by atoms with Crippen molar-refractivity contribution in [1.82, 2.24) is 0 Å².